The van der Waals surface area contributed by atoms with E-state index in [9.17, 15) is 9.90 Å². The Labute approximate surface area is 208 Å². The highest BCUT2D eigenvalue weighted by Gasteiger charge is 2.17. The van der Waals surface area contributed by atoms with Crippen LogP contribution in [0.25, 0.3) is 11.1 Å². The molecule has 5 nitrogen and oxygen atoms in total. The maximum absolute atomic E-state index is 11.3. The molecule has 1 N–H and O–H groups in total. The standard InChI is InChI=1S/C30H36O5/c1-3-5-6-10-18-25(14-4-2)34-26-19-12-11-17-24(26)22-33-27-20-13-21-28(35-30(31)32)29(27)23-15-8-7-9-16-23/h7-9,11-13,15-17,19-21,25H,3-6,10,14,18,22H2,1-2H3,(H,31,32). The molecule has 0 radical (unpaired) electrons. The van der Waals surface area contributed by atoms with Crippen molar-refractivity contribution in [2.24, 2.45) is 0 Å². The van der Waals surface area contributed by atoms with Crippen molar-refractivity contribution in [3.05, 3.63) is 78.4 Å². The van der Waals surface area contributed by atoms with Gasteiger partial charge in [0.05, 0.1) is 11.7 Å². The van der Waals surface area contributed by atoms with Gasteiger partial charge in [0.2, 0.25) is 0 Å². The number of ether oxygens (including phenoxy) is 3. The van der Waals surface area contributed by atoms with Crippen molar-refractivity contribution in [1.82, 2.24) is 0 Å². The second-order valence-electron chi connectivity index (χ2n) is 8.64. The molecule has 1 atom stereocenters. The Morgan fingerprint density at radius 2 is 1.49 bits per heavy atom. The van der Waals surface area contributed by atoms with Gasteiger partial charge < -0.3 is 19.3 Å². The lowest BCUT2D eigenvalue weighted by atomic mass is 10.0. The summed E-state index contributed by atoms with van der Waals surface area (Å²) in [4.78, 5) is 11.3. The Morgan fingerprint density at radius 3 is 2.23 bits per heavy atom. The topological polar surface area (TPSA) is 65.0 Å². The minimum Gasteiger partial charge on any atom is -0.490 e. The molecule has 0 heterocycles. The van der Waals surface area contributed by atoms with Crippen molar-refractivity contribution in [2.45, 2.75) is 71.5 Å². The molecule has 1 unspecified atom stereocenters. The van der Waals surface area contributed by atoms with Gasteiger partial charge in [-0.15, -0.1) is 0 Å². The van der Waals surface area contributed by atoms with Crippen LogP contribution in [-0.2, 0) is 6.61 Å². The van der Waals surface area contributed by atoms with Crippen molar-refractivity contribution < 1.29 is 24.1 Å². The monoisotopic (exact) mass is 476 g/mol. The number of unbranched alkanes of at least 4 members (excludes halogenated alkanes) is 3. The molecule has 0 aliphatic heterocycles. The lowest BCUT2D eigenvalue weighted by Gasteiger charge is -2.21. The average Bonchev–Trinajstić information content (AvgIpc) is 2.86. The zero-order chi connectivity index (χ0) is 24.9. The minimum atomic E-state index is -1.36. The molecule has 186 valence electrons. The third kappa shape index (κ3) is 8.06. The van der Waals surface area contributed by atoms with E-state index in [2.05, 4.69) is 13.8 Å². The van der Waals surface area contributed by atoms with Crippen LogP contribution in [0.1, 0.15) is 64.4 Å². The Balaban J connectivity index is 1.79. The fourth-order valence-corrected chi connectivity index (χ4v) is 4.16. The van der Waals surface area contributed by atoms with E-state index in [4.69, 9.17) is 14.2 Å². The smallest absolute Gasteiger partial charge is 0.490 e. The zero-order valence-electron chi connectivity index (χ0n) is 20.7. The van der Waals surface area contributed by atoms with Gasteiger partial charge in [-0.3, -0.25) is 0 Å². The van der Waals surface area contributed by atoms with Crippen LogP contribution in [0.3, 0.4) is 0 Å². The van der Waals surface area contributed by atoms with Crippen LogP contribution in [0.4, 0.5) is 4.79 Å². The zero-order valence-corrected chi connectivity index (χ0v) is 20.7. The SMILES string of the molecule is CCCCCCC(CCC)Oc1ccccc1COc1cccc(OC(=O)O)c1-c1ccccc1. The summed E-state index contributed by atoms with van der Waals surface area (Å²) in [7, 11) is 0. The van der Waals surface area contributed by atoms with Crippen molar-refractivity contribution in [3.8, 4) is 28.4 Å². The molecule has 0 bridgehead atoms. The highest BCUT2D eigenvalue weighted by Crippen LogP contribution is 2.39. The molecule has 0 aliphatic carbocycles. The second-order valence-corrected chi connectivity index (χ2v) is 8.64. The quantitative estimate of drug-likeness (QED) is 0.143. The van der Waals surface area contributed by atoms with Gasteiger partial charge in [-0.25, -0.2) is 4.79 Å². The third-order valence-corrected chi connectivity index (χ3v) is 5.89. The number of carboxylic acid groups (broad SMARTS) is 1. The van der Waals surface area contributed by atoms with E-state index in [0.29, 0.717) is 17.9 Å². The molecular weight excluding hydrogens is 440 g/mol. The summed E-state index contributed by atoms with van der Waals surface area (Å²) in [5.74, 6) is 1.62. The van der Waals surface area contributed by atoms with Gasteiger partial charge >= 0.3 is 6.16 Å². The van der Waals surface area contributed by atoms with Gasteiger partial charge in [-0.1, -0.05) is 94.1 Å². The third-order valence-electron chi connectivity index (χ3n) is 5.89. The summed E-state index contributed by atoms with van der Waals surface area (Å²) in [5, 5.41) is 9.21. The molecule has 0 amide bonds. The molecule has 0 aliphatic rings. The van der Waals surface area contributed by atoms with Crippen LogP contribution in [0, 0.1) is 0 Å². The number of benzene rings is 3. The van der Waals surface area contributed by atoms with Crippen LogP contribution in [0.5, 0.6) is 17.2 Å². The summed E-state index contributed by atoms with van der Waals surface area (Å²) < 4.78 is 17.8. The van der Waals surface area contributed by atoms with Crippen molar-refractivity contribution in [3.63, 3.8) is 0 Å². The first-order chi connectivity index (χ1) is 17.1. The normalized spacial score (nSPS) is 11.6. The van der Waals surface area contributed by atoms with E-state index >= 15 is 0 Å². The number of hydrogen-bond acceptors (Lipinski definition) is 4. The molecule has 0 aromatic heterocycles. The van der Waals surface area contributed by atoms with E-state index in [1.54, 1.807) is 12.1 Å². The molecule has 3 rings (SSSR count). The van der Waals surface area contributed by atoms with Crippen molar-refractivity contribution in [1.29, 1.82) is 0 Å². The van der Waals surface area contributed by atoms with E-state index < -0.39 is 6.16 Å². The Bertz CT molecular complexity index is 1050. The van der Waals surface area contributed by atoms with Crippen LogP contribution >= 0.6 is 0 Å². The molecule has 5 heteroatoms. The predicted octanol–water partition coefficient (Wildman–Crippen LogP) is 8.51. The fourth-order valence-electron chi connectivity index (χ4n) is 4.16. The molecular formula is C30H36O5. The molecule has 0 saturated carbocycles. The lowest BCUT2D eigenvalue weighted by molar-refractivity contribution is 0.144. The van der Waals surface area contributed by atoms with Gasteiger partial charge in [-0.2, -0.15) is 0 Å². The van der Waals surface area contributed by atoms with Crippen LogP contribution in [0.2, 0.25) is 0 Å². The fraction of sp³-hybridized carbons (Fsp3) is 0.367. The van der Waals surface area contributed by atoms with E-state index in [1.165, 1.54) is 25.7 Å². The molecule has 0 fully saturated rings. The van der Waals surface area contributed by atoms with Crippen molar-refractivity contribution in [2.75, 3.05) is 0 Å². The van der Waals surface area contributed by atoms with Crippen LogP contribution in [0.15, 0.2) is 72.8 Å². The number of rotatable bonds is 14. The summed E-state index contributed by atoms with van der Waals surface area (Å²) in [6.45, 7) is 4.71. The number of para-hydroxylation sites is 1. The number of carbonyl (C=O) groups is 1. The predicted molar refractivity (Wildman–Crippen MR) is 139 cm³/mol. The van der Waals surface area contributed by atoms with Gasteiger partial charge in [-0.05, 0) is 43.0 Å². The van der Waals surface area contributed by atoms with Gasteiger partial charge in [0.25, 0.3) is 0 Å². The largest absolute Gasteiger partial charge is 0.511 e. The first-order valence-electron chi connectivity index (χ1n) is 12.6. The Kier molecular flexibility index (Phi) is 10.5. The van der Waals surface area contributed by atoms with Crippen LogP contribution < -0.4 is 14.2 Å². The molecule has 3 aromatic carbocycles. The lowest BCUT2D eigenvalue weighted by Crippen LogP contribution is -2.17. The van der Waals surface area contributed by atoms with Gasteiger partial charge in [0.15, 0.2) is 0 Å². The van der Waals surface area contributed by atoms with Crippen LogP contribution in [-0.4, -0.2) is 17.4 Å². The van der Waals surface area contributed by atoms with E-state index in [0.717, 1.165) is 36.1 Å². The van der Waals surface area contributed by atoms with E-state index in [1.807, 2.05) is 60.7 Å². The Hall–Kier alpha value is -3.47. The summed E-state index contributed by atoms with van der Waals surface area (Å²) in [5.41, 5.74) is 2.37. The minimum absolute atomic E-state index is 0.185. The summed E-state index contributed by atoms with van der Waals surface area (Å²) in [6.07, 6.45) is 6.87. The molecule has 0 spiro atoms. The maximum Gasteiger partial charge on any atom is 0.511 e. The van der Waals surface area contributed by atoms with Crippen molar-refractivity contribution >= 4 is 6.16 Å². The van der Waals surface area contributed by atoms with E-state index in [-0.39, 0.29) is 11.9 Å². The Morgan fingerprint density at radius 1 is 0.771 bits per heavy atom. The highest BCUT2D eigenvalue weighted by atomic mass is 16.7. The average molecular weight is 477 g/mol. The second kappa shape index (κ2) is 14.1. The molecule has 0 saturated heterocycles. The van der Waals surface area contributed by atoms with Gasteiger partial charge in [0.1, 0.15) is 23.9 Å². The number of hydrogen-bond donors (Lipinski definition) is 1. The molecule has 3 aromatic rings. The summed E-state index contributed by atoms with van der Waals surface area (Å²) in [6, 6.07) is 22.7. The maximum atomic E-state index is 11.3. The first-order valence-corrected chi connectivity index (χ1v) is 12.6. The molecule has 35 heavy (non-hydrogen) atoms. The summed E-state index contributed by atoms with van der Waals surface area (Å²) >= 11 is 0. The van der Waals surface area contributed by atoms with Gasteiger partial charge in [0, 0.05) is 5.56 Å². The first kappa shape index (κ1) is 26.1. The highest BCUT2D eigenvalue weighted by molar-refractivity contribution is 5.79.